The summed E-state index contributed by atoms with van der Waals surface area (Å²) in [4.78, 5) is 64.9. The summed E-state index contributed by atoms with van der Waals surface area (Å²) in [6.45, 7) is -1.26. The summed E-state index contributed by atoms with van der Waals surface area (Å²) in [7, 11) is 0. The number of carbonyl (C=O) groups is 4. The lowest BCUT2D eigenvalue weighted by atomic mass is 10.1. The monoisotopic (exact) mass is 700 g/mol. The zero-order chi connectivity index (χ0) is 35.2. The number of aliphatic imine (C=N–C) groups is 1. The third-order valence-electron chi connectivity index (χ3n) is 7.30. The Kier molecular flexibility index (Phi) is 10.4. The number of hydrogen-bond acceptors (Lipinski definition) is 11. The number of aromatic nitrogens is 3. The second-order valence-corrected chi connectivity index (χ2v) is 11.5. The molecule has 256 valence electrons. The van der Waals surface area contributed by atoms with Crippen LogP contribution in [0.2, 0.25) is 5.02 Å². The van der Waals surface area contributed by atoms with Crippen molar-refractivity contribution in [2.45, 2.75) is 43.4 Å². The van der Waals surface area contributed by atoms with E-state index in [9.17, 15) is 37.5 Å². The molecule has 1 aromatic heterocycles. The van der Waals surface area contributed by atoms with Gasteiger partial charge in [-0.1, -0.05) is 23.7 Å². The van der Waals surface area contributed by atoms with Gasteiger partial charge in [-0.25, -0.2) is 4.79 Å². The van der Waals surface area contributed by atoms with Crippen molar-refractivity contribution in [3.63, 3.8) is 0 Å². The molecular formula is C31H28ClF3N8O6. The number of carboxylic acid groups (broad SMARTS) is 1. The molecule has 0 unspecified atom stereocenters. The van der Waals surface area contributed by atoms with E-state index in [2.05, 4.69) is 41.2 Å². The Bertz CT molecular complexity index is 1800. The van der Waals surface area contributed by atoms with Crippen molar-refractivity contribution in [3.8, 4) is 6.01 Å². The maximum absolute atomic E-state index is 12.9. The molecule has 0 bridgehead atoms. The van der Waals surface area contributed by atoms with E-state index in [0.717, 1.165) is 5.56 Å². The van der Waals surface area contributed by atoms with Gasteiger partial charge in [0.2, 0.25) is 17.7 Å². The number of carbonyl (C=O) groups excluding carboxylic acids is 3. The summed E-state index contributed by atoms with van der Waals surface area (Å²) in [5, 5.41) is 20.8. The van der Waals surface area contributed by atoms with Gasteiger partial charge in [-0.05, 0) is 67.3 Å². The van der Waals surface area contributed by atoms with Gasteiger partial charge in [-0.15, -0.1) is 0 Å². The number of halogens is 4. The van der Waals surface area contributed by atoms with Crippen molar-refractivity contribution >= 4 is 59.0 Å². The minimum Gasteiger partial charge on any atom is -0.480 e. The van der Waals surface area contributed by atoms with Crippen LogP contribution >= 0.6 is 11.6 Å². The molecule has 2 heterocycles. The molecular weight excluding hydrogens is 673 g/mol. The van der Waals surface area contributed by atoms with Crippen molar-refractivity contribution in [3.05, 3.63) is 76.5 Å². The molecule has 3 aromatic rings. The molecule has 1 aliphatic heterocycles. The van der Waals surface area contributed by atoms with Gasteiger partial charge in [-0.3, -0.25) is 19.4 Å². The number of Topliss-reactive ketones (excluding diaryl/α,β-unsaturated/α-hetero) is 1. The van der Waals surface area contributed by atoms with Gasteiger partial charge in [0, 0.05) is 28.9 Å². The SMILES string of the molecule is O=C(CC[C@H](NC(=O)c1ccc(Nc2nc(NC3(c4ccc(Cl)cc4)CC3)nc(OCC(F)(F)F)n2)cc1)C(=O)O)C(=O)NC1=CCN=C1. The fourth-order valence-corrected chi connectivity index (χ4v) is 4.76. The zero-order valence-electron chi connectivity index (χ0n) is 25.4. The van der Waals surface area contributed by atoms with Crippen LogP contribution in [0.5, 0.6) is 6.01 Å². The zero-order valence-corrected chi connectivity index (χ0v) is 26.1. The first-order valence-electron chi connectivity index (χ1n) is 14.7. The first-order chi connectivity index (χ1) is 23.3. The average Bonchev–Trinajstić information content (AvgIpc) is 3.64. The fraction of sp³-hybridized carbons (Fsp3) is 0.290. The molecule has 5 rings (SSSR count). The molecule has 18 heteroatoms. The van der Waals surface area contributed by atoms with Crippen molar-refractivity contribution in [1.29, 1.82) is 0 Å². The number of ether oxygens (including phenoxy) is 1. The minimum atomic E-state index is -4.64. The normalized spacial score (nSPS) is 15.1. The number of nitrogens with zero attached hydrogens (tertiary/aromatic N) is 4. The predicted molar refractivity (Wildman–Crippen MR) is 170 cm³/mol. The molecule has 1 saturated carbocycles. The number of alkyl halides is 3. The van der Waals surface area contributed by atoms with Crippen molar-refractivity contribution in [2.24, 2.45) is 4.99 Å². The standard InChI is InChI=1S/C31H28ClF3N8O6/c32-19-5-3-18(4-6-19)30(12-13-30)43-28-40-27(41-29(42-28)49-16-31(33,34)35)38-20-7-1-17(2-8-20)24(45)39-22(26(47)48)9-10-23(44)25(46)37-21-11-14-36-15-21/h1-8,11,15,22H,9-10,12-14,16H2,(H,37,46)(H,39,45)(H,47,48)(H2,38,40,41,42,43)/t22-/m0/s1. The highest BCUT2D eigenvalue weighted by molar-refractivity contribution is 6.37. The summed E-state index contributed by atoms with van der Waals surface area (Å²) in [6, 6.07) is 10.6. The number of anilines is 3. The summed E-state index contributed by atoms with van der Waals surface area (Å²) in [5.41, 5.74) is 1.06. The number of hydrogen-bond donors (Lipinski definition) is 5. The number of amides is 2. The van der Waals surface area contributed by atoms with Crippen molar-refractivity contribution < 1.29 is 42.2 Å². The highest BCUT2D eigenvalue weighted by atomic mass is 35.5. The summed E-state index contributed by atoms with van der Waals surface area (Å²) in [5.74, 6) is -4.16. The lowest BCUT2D eigenvalue weighted by molar-refractivity contribution is -0.154. The van der Waals surface area contributed by atoms with Crippen LogP contribution in [0.25, 0.3) is 0 Å². The number of rotatable bonds is 15. The Morgan fingerprint density at radius 2 is 1.67 bits per heavy atom. The number of aliphatic carboxylic acids is 1. The molecule has 5 N–H and O–H groups in total. The second kappa shape index (κ2) is 14.7. The molecule has 2 aliphatic rings. The topological polar surface area (TPSA) is 197 Å². The maximum atomic E-state index is 12.9. The van der Waals surface area contributed by atoms with Gasteiger partial charge in [0.1, 0.15) is 6.04 Å². The lowest BCUT2D eigenvalue weighted by Crippen LogP contribution is -2.41. The highest BCUT2D eigenvalue weighted by Crippen LogP contribution is 2.48. The molecule has 1 fully saturated rings. The van der Waals surface area contributed by atoms with Crippen LogP contribution < -0.4 is 26.0 Å². The first-order valence-corrected chi connectivity index (χ1v) is 15.1. The van der Waals surface area contributed by atoms with Gasteiger partial charge < -0.3 is 31.1 Å². The van der Waals surface area contributed by atoms with E-state index in [1.165, 1.54) is 30.5 Å². The number of nitrogens with one attached hydrogen (secondary N) is 4. The molecule has 0 radical (unpaired) electrons. The van der Waals surface area contributed by atoms with E-state index in [1.807, 2.05) is 12.1 Å². The van der Waals surface area contributed by atoms with Crippen LogP contribution in [0.1, 0.15) is 41.6 Å². The number of allylic oxidation sites excluding steroid dienone is 1. The maximum Gasteiger partial charge on any atom is 0.422 e. The second-order valence-electron chi connectivity index (χ2n) is 11.0. The van der Waals surface area contributed by atoms with E-state index in [1.54, 1.807) is 18.2 Å². The van der Waals surface area contributed by atoms with E-state index < -0.39 is 60.4 Å². The average molecular weight is 701 g/mol. The highest BCUT2D eigenvalue weighted by Gasteiger charge is 2.45. The summed E-state index contributed by atoms with van der Waals surface area (Å²) < 4.78 is 43.5. The van der Waals surface area contributed by atoms with Crippen LogP contribution in [-0.4, -0.2) is 75.2 Å². The van der Waals surface area contributed by atoms with Gasteiger partial charge >= 0.3 is 18.2 Å². The van der Waals surface area contributed by atoms with Crippen LogP contribution in [0.3, 0.4) is 0 Å². The predicted octanol–water partition coefficient (Wildman–Crippen LogP) is 3.93. The molecule has 14 nitrogen and oxygen atoms in total. The Morgan fingerprint density at radius 3 is 2.29 bits per heavy atom. The molecule has 1 aliphatic carbocycles. The van der Waals surface area contributed by atoms with Crippen LogP contribution in [0, 0.1) is 0 Å². The Labute approximate surface area is 281 Å². The number of carboxylic acids is 1. The molecule has 2 aromatic carbocycles. The lowest BCUT2D eigenvalue weighted by Gasteiger charge is -2.19. The van der Waals surface area contributed by atoms with E-state index in [-0.39, 0.29) is 23.9 Å². The van der Waals surface area contributed by atoms with Crippen LogP contribution in [0.15, 0.2) is 65.3 Å². The number of ketones is 1. The Morgan fingerprint density at radius 1 is 0.980 bits per heavy atom. The largest absolute Gasteiger partial charge is 0.480 e. The Hall–Kier alpha value is -5.58. The van der Waals surface area contributed by atoms with Gasteiger partial charge in [0.15, 0.2) is 6.61 Å². The first kappa shape index (κ1) is 34.7. The number of benzene rings is 2. The third-order valence-corrected chi connectivity index (χ3v) is 7.55. The van der Waals surface area contributed by atoms with Crippen molar-refractivity contribution in [2.75, 3.05) is 23.8 Å². The Balaban J connectivity index is 1.23. The van der Waals surface area contributed by atoms with Gasteiger partial charge in [-0.2, -0.15) is 28.1 Å². The van der Waals surface area contributed by atoms with Crippen LogP contribution in [-0.2, 0) is 19.9 Å². The van der Waals surface area contributed by atoms with Gasteiger partial charge in [0.05, 0.1) is 17.8 Å². The molecule has 0 saturated heterocycles. The van der Waals surface area contributed by atoms with E-state index >= 15 is 0 Å². The minimum absolute atomic E-state index is 0.0433. The molecule has 2 amide bonds. The molecule has 49 heavy (non-hydrogen) atoms. The van der Waals surface area contributed by atoms with Crippen molar-refractivity contribution in [1.82, 2.24) is 25.6 Å². The fourth-order valence-electron chi connectivity index (χ4n) is 4.63. The van der Waals surface area contributed by atoms with E-state index in [4.69, 9.17) is 16.3 Å². The smallest absolute Gasteiger partial charge is 0.422 e. The molecule has 0 spiro atoms. The third kappa shape index (κ3) is 9.72. The summed E-state index contributed by atoms with van der Waals surface area (Å²) >= 11 is 6.00. The van der Waals surface area contributed by atoms with E-state index in [0.29, 0.717) is 35.8 Å². The molecule has 1 atom stereocenters. The quantitative estimate of drug-likeness (QED) is 0.144. The van der Waals surface area contributed by atoms with Gasteiger partial charge in [0.25, 0.3) is 11.8 Å². The van der Waals surface area contributed by atoms with Crippen LogP contribution in [0.4, 0.5) is 30.8 Å². The summed E-state index contributed by atoms with van der Waals surface area (Å²) in [6.07, 6.45) is -1.02.